The second kappa shape index (κ2) is 7.24. The third kappa shape index (κ3) is 4.18. The van der Waals surface area contributed by atoms with Crippen LogP contribution in [-0.2, 0) is 4.79 Å². The van der Waals surface area contributed by atoms with Gasteiger partial charge in [0.05, 0.1) is 6.04 Å². The van der Waals surface area contributed by atoms with E-state index >= 15 is 0 Å². The highest BCUT2D eigenvalue weighted by molar-refractivity contribution is 7.99. The first kappa shape index (κ1) is 16.2. The predicted molar refractivity (Wildman–Crippen MR) is 93.3 cm³/mol. The summed E-state index contributed by atoms with van der Waals surface area (Å²) in [4.78, 5) is 12.4. The van der Waals surface area contributed by atoms with Gasteiger partial charge in [-0.1, -0.05) is 30.7 Å². The fourth-order valence-corrected chi connectivity index (χ4v) is 4.21. The molecule has 1 saturated heterocycles. The number of benzene rings is 1. The van der Waals surface area contributed by atoms with Crippen LogP contribution in [-0.4, -0.2) is 30.0 Å². The lowest BCUT2D eigenvalue weighted by atomic mass is 10.0. The van der Waals surface area contributed by atoms with Gasteiger partial charge in [0.1, 0.15) is 0 Å². The first-order valence-corrected chi connectivity index (χ1v) is 9.52. The van der Waals surface area contributed by atoms with Crippen molar-refractivity contribution in [2.24, 2.45) is 11.8 Å². The van der Waals surface area contributed by atoms with Gasteiger partial charge in [-0.2, -0.15) is 11.8 Å². The highest BCUT2D eigenvalue weighted by Gasteiger charge is 2.41. The quantitative estimate of drug-likeness (QED) is 0.866. The zero-order chi connectivity index (χ0) is 15.5. The molecule has 4 atom stereocenters. The van der Waals surface area contributed by atoms with E-state index in [1.165, 1.54) is 6.42 Å². The van der Waals surface area contributed by atoms with Crippen LogP contribution in [0.25, 0.3) is 0 Å². The molecule has 1 aliphatic heterocycles. The summed E-state index contributed by atoms with van der Waals surface area (Å²) in [5.74, 6) is 3.56. The van der Waals surface area contributed by atoms with Crippen molar-refractivity contribution in [1.29, 1.82) is 0 Å². The van der Waals surface area contributed by atoms with Gasteiger partial charge >= 0.3 is 0 Å². The molecule has 1 amide bonds. The molecule has 1 saturated carbocycles. The topological polar surface area (TPSA) is 41.1 Å². The van der Waals surface area contributed by atoms with E-state index in [4.69, 9.17) is 11.6 Å². The number of thioether (sulfide) groups is 1. The van der Waals surface area contributed by atoms with Crippen LogP contribution in [0.3, 0.4) is 0 Å². The molecule has 0 aromatic heterocycles. The minimum absolute atomic E-state index is 0.121. The average molecular weight is 339 g/mol. The van der Waals surface area contributed by atoms with Crippen LogP contribution in [0.15, 0.2) is 24.3 Å². The van der Waals surface area contributed by atoms with Crippen molar-refractivity contribution in [3.63, 3.8) is 0 Å². The third-order valence-corrected chi connectivity index (χ3v) is 5.96. The van der Waals surface area contributed by atoms with Gasteiger partial charge in [-0.25, -0.2) is 0 Å². The summed E-state index contributed by atoms with van der Waals surface area (Å²) >= 11 is 7.90. The van der Waals surface area contributed by atoms with Crippen LogP contribution in [0.1, 0.15) is 31.4 Å². The second-order valence-corrected chi connectivity index (χ2v) is 7.99. The van der Waals surface area contributed by atoms with Gasteiger partial charge < -0.3 is 10.6 Å². The summed E-state index contributed by atoms with van der Waals surface area (Å²) in [6, 6.07) is 8.31. The molecule has 0 radical (unpaired) electrons. The molecule has 3 nitrogen and oxygen atoms in total. The molecular weight excluding hydrogens is 316 g/mol. The smallest absolute Gasteiger partial charge is 0.222 e. The molecule has 1 aromatic rings. The average Bonchev–Trinajstić information content (AvgIpc) is 3.23. The first-order chi connectivity index (χ1) is 10.6. The molecule has 1 aliphatic carbocycles. The van der Waals surface area contributed by atoms with E-state index in [9.17, 15) is 4.79 Å². The fourth-order valence-electron chi connectivity index (χ4n) is 3.13. The molecule has 3 rings (SSSR count). The van der Waals surface area contributed by atoms with Gasteiger partial charge in [0, 0.05) is 35.5 Å². The fraction of sp³-hybridized carbons (Fsp3) is 0.588. The number of hydrogen-bond acceptors (Lipinski definition) is 3. The highest BCUT2D eigenvalue weighted by atomic mass is 35.5. The lowest BCUT2D eigenvalue weighted by Gasteiger charge is -2.25. The van der Waals surface area contributed by atoms with Crippen molar-refractivity contribution in [3.05, 3.63) is 34.9 Å². The van der Waals surface area contributed by atoms with Crippen LogP contribution < -0.4 is 10.6 Å². The predicted octanol–water partition coefficient (Wildman–Crippen LogP) is 3.25. The summed E-state index contributed by atoms with van der Waals surface area (Å²) in [6.45, 7) is 3.25. The number of rotatable bonds is 5. The normalized spacial score (nSPS) is 28.9. The van der Waals surface area contributed by atoms with E-state index < -0.39 is 0 Å². The van der Waals surface area contributed by atoms with Gasteiger partial charge in [-0.15, -0.1) is 0 Å². The summed E-state index contributed by atoms with van der Waals surface area (Å²) in [5.41, 5.74) is 1.16. The van der Waals surface area contributed by atoms with Crippen LogP contribution in [0.5, 0.6) is 0 Å². The maximum atomic E-state index is 12.4. The first-order valence-electron chi connectivity index (χ1n) is 7.99. The molecule has 22 heavy (non-hydrogen) atoms. The van der Waals surface area contributed by atoms with E-state index in [0.29, 0.717) is 24.3 Å². The van der Waals surface area contributed by atoms with Crippen molar-refractivity contribution < 1.29 is 4.79 Å². The Kier molecular flexibility index (Phi) is 5.32. The van der Waals surface area contributed by atoms with Crippen molar-refractivity contribution in [2.75, 3.05) is 18.1 Å². The number of carbonyl (C=O) groups excluding carboxylic acids is 1. The zero-order valence-electron chi connectivity index (χ0n) is 12.8. The highest BCUT2D eigenvalue weighted by Crippen LogP contribution is 2.47. The Bertz CT molecular complexity index is 516. The summed E-state index contributed by atoms with van der Waals surface area (Å²) in [6.07, 6.45) is 1.75. The molecule has 2 fully saturated rings. The zero-order valence-corrected chi connectivity index (χ0v) is 14.4. The lowest BCUT2D eigenvalue weighted by Crippen LogP contribution is -2.42. The Morgan fingerprint density at radius 3 is 2.77 bits per heavy atom. The van der Waals surface area contributed by atoms with E-state index in [1.54, 1.807) is 0 Å². The minimum Gasteiger partial charge on any atom is -0.349 e. The molecule has 4 unspecified atom stereocenters. The molecule has 2 N–H and O–H groups in total. The Balaban J connectivity index is 1.62. The number of carbonyl (C=O) groups is 1. The van der Waals surface area contributed by atoms with Crippen LogP contribution in [0.2, 0.25) is 5.02 Å². The number of nitrogens with one attached hydrogen (secondary N) is 2. The molecule has 0 bridgehead atoms. The Morgan fingerprint density at radius 1 is 1.45 bits per heavy atom. The van der Waals surface area contributed by atoms with Gasteiger partial charge in [0.15, 0.2) is 0 Å². The summed E-state index contributed by atoms with van der Waals surface area (Å²) in [5, 5.41) is 7.42. The third-order valence-electron chi connectivity index (χ3n) is 4.58. The maximum absolute atomic E-state index is 12.4. The van der Waals surface area contributed by atoms with Gasteiger partial charge in [-0.3, -0.25) is 4.79 Å². The molecule has 1 heterocycles. The Hall–Kier alpha value is -0.710. The number of halogens is 1. The van der Waals surface area contributed by atoms with E-state index in [2.05, 4.69) is 17.6 Å². The van der Waals surface area contributed by atoms with Gasteiger partial charge in [0.25, 0.3) is 0 Å². The largest absolute Gasteiger partial charge is 0.349 e. The summed E-state index contributed by atoms with van der Waals surface area (Å²) < 4.78 is 0. The number of hydrogen-bond donors (Lipinski definition) is 2. The van der Waals surface area contributed by atoms with Crippen LogP contribution in [0.4, 0.5) is 0 Å². The van der Waals surface area contributed by atoms with Gasteiger partial charge in [-0.05, 0) is 36.0 Å². The van der Waals surface area contributed by atoms with Crippen LogP contribution >= 0.6 is 23.4 Å². The Morgan fingerprint density at radius 2 is 2.18 bits per heavy atom. The minimum atomic E-state index is 0.121. The van der Waals surface area contributed by atoms with Crippen molar-refractivity contribution in [3.8, 4) is 0 Å². The standard InChI is InChI=1S/C17H23ClN2OS/c1-11-8-15(11)17(12-2-4-13(18)5-3-12)20-16(21)9-14-10-22-7-6-19-14/h2-5,11,14-15,17,19H,6-10H2,1H3,(H,20,21). The maximum Gasteiger partial charge on any atom is 0.222 e. The Labute approximate surface area is 141 Å². The molecule has 0 spiro atoms. The van der Waals surface area contributed by atoms with Crippen molar-refractivity contribution in [1.82, 2.24) is 10.6 Å². The lowest BCUT2D eigenvalue weighted by molar-refractivity contribution is -0.122. The molecule has 2 aliphatic rings. The van der Waals surface area contributed by atoms with Crippen molar-refractivity contribution in [2.45, 2.75) is 31.8 Å². The van der Waals surface area contributed by atoms with Crippen molar-refractivity contribution >= 4 is 29.3 Å². The number of amides is 1. The van der Waals surface area contributed by atoms with Gasteiger partial charge in [0.2, 0.25) is 5.91 Å². The SMILES string of the molecule is CC1CC1C(NC(=O)CC1CSCCN1)c1ccc(Cl)cc1. The van der Waals surface area contributed by atoms with Crippen LogP contribution in [0, 0.1) is 11.8 Å². The van der Waals surface area contributed by atoms with E-state index in [1.807, 2.05) is 36.0 Å². The van der Waals surface area contributed by atoms with E-state index in [0.717, 1.165) is 28.6 Å². The molecule has 1 aromatic carbocycles. The molecule has 5 heteroatoms. The molecule has 120 valence electrons. The second-order valence-electron chi connectivity index (χ2n) is 6.40. The summed E-state index contributed by atoms with van der Waals surface area (Å²) in [7, 11) is 0. The monoisotopic (exact) mass is 338 g/mol. The molecular formula is C17H23ClN2OS. The van der Waals surface area contributed by atoms with E-state index in [-0.39, 0.29) is 11.9 Å².